The van der Waals surface area contributed by atoms with Gasteiger partial charge in [-0.2, -0.15) is 13.2 Å². The summed E-state index contributed by atoms with van der Waals surface area (Å²) in [7, 11) is 1.62. The molecule has 0 saturated carbocycles. The van der Waals surface area contributed by atoms with Gasteiger partial charge >= 0.3 is 6.18 Å². The molecule has 1 aliphatic heterocycles. The molecule has 2 aromatic carbocycles. The van der Waals surface area contributed by atoms with Gasteiger partial charge in [0, 0.05) is 19.2 Å². The number of carbonyl (C=O) groups excluding carboxylic acids is 2. The van der Waals surface area contributed by atoms with Gasteiger partial charge in [0.25, 0.3) is 5.91 Å². The fraction of sp³-hybridized carbons (Fsp3) is 0.263. The molecule has 3 rings (SSSR count). The Kier molecular flexibility index (Phi) is 4.91. The van der Waals surface area contributed by atoms with Crippen molar-refractivity contribution in [3.05, 3.63) is 59.4 Å². The van der Waals surface area contributed by atoms with Crippen LogP contribution < -0.4 is 5.32 Å². The lowest BCUT2D eigenvalue weighted by Crippen LogP contribution is -2.40. The average Bonchev–Trinajstić information content (AvgIpc) is 2.93. The van der Waals surface area contributed by atoms with Crippen LogP contribution in [0, 0.1) is 5.82 Å². The zero-order valence-electron chi connectivity index (χ0n) is 14.3. The molecule has 1 N–H and O–H groups in total. The van der Waals surface area contributed by atoms with Gasteiger partial charge in [-0.3, -0.25) is 9.59 Å². The summed E-state index contributed by atoms with van der Waals surface area (Å²) >= 11 is 0. The molecule has 2 aromatic rings. The molecule has 2 amide bonds. The summed E-state index contributed by atoms with van der Waals surface area (Å²) in [6.45, 7) is 0.516. The van der Waals surface area contributed by atoms with E-state index in [4.69, 9.17) is 0 Å². The highest BCUT2D eigenvalue weighted by Crippen LogP contribution is 2.37. The molecule has 0 aliphatic carbocycles. The first-order valence-corrected chi connectivity index (χ1v) is 8.20. The number of amides is 2. The molecule has 0 spiro atoms. The molecule has 0 bridgehead atoms. The number of likely N-dealkylation sites (tertiary alicyclic amines) is 1. The Balaban J connectivity index is 1.92. The molecular formula is C19H16F4N2O2. The van der Waals surface area contributed by atoms with Crippen LogP contribution in [-0.2, 0) is 11.0 Å². The van der Waals surface area contributed by atoms with Gasteiger partial charge in [-0.1, -0.05) is 12.1 Å². The number of likely N-dealkylation sites (N-methyl/N-ethyl adjacent to an activating group) is 1. The van der Waals surface area contributed by atoms with Crippen LogP contribution >= 0.6 is 0 Å². The summed E-state index contributed by atoms with van der Waals surface area (Å²) in [4.78, 5) is 25.8. The average molecular weight is 380 g/mol. The normalized spacial score (nSPS) is 17.3. The first-order valence-electron chi connectivity index (χ1n) is 8.20. The molecule has 0 aromatic heterocycles. The van der Waals surface area contributed by atoms with Crippen LogP contribution in [0.4, 0.5) is 17.6 Å². The standard InChI is InChI=1S/C19H16F4N2O2/c1-25-8-7-16(18(25)27)24-17(26)12-4-2-3-11(9-12)14-10-13(20)5-6-15(14)19(21,22)23/h2-6,9-10,16H,7-8H2,1H3,(H,24,26). The lowest BCUT2D eigenvalue weighted by atomic mass is 9.97. The van der Waals surface area contributed by atoms with Crippen LogP contribution in [0.2, 0.25) is 0 Å². The number of nitrogens with zero attached hydrogens (tertiary/aromatic N) is 1. The molecular weight excluding hydrogens is 364 g/mol. The van der Waals surface area contributed by atoms with Crippen molar-refractivity contribution in [1.82, 2.24) is 10.2 Å². The van der Waals surface area contributed by atoms with E-state index < -0.39 is 29.5 Å². The van der Waals surface area contributed by atoms with Crippen molar-refractivity contribution >= 4 is 11.8 Å². The number of hydrogen-bond donors (Lipinski definition) is 1. The van der Waals surface area contributed by atoms with Crippen molar-refractivity contribution in [1.29, 1.82) is 0 Å². The van der Waals surface area contributed by atoms with E-state index in [1.807, 2.05) is 0 Å². The fourth-order valence-corrected chi connectivity index (χ4v) is 3.03. The minimum Gasteiger partial charge on any atom is -0.344 e. The maximum absolute atomic E-state index is 13.5. The van der Waals surface area contributed by atoms with Gasteiger partial charge in [-0.05, 0) is 47.9 Å². The van der Waals surface area contributed by atoms with Gasteiger partial charge in [0.2, 0.25) is 5.91 Å². The van der Waals surface area contributed by atoms with Crippen molar-refractivity contribution in [2.24, 2.45) is 0 Å². The summed E-state index contributed by atoms with van der Waals surface area (Å²) < 4.78 is 53.2. The number of rotatable bonds is 3. The zero-order chi connectivity index (χ0) is 19.8. The molecule has 1 saturated heterocycles. The minimum absolute atomic E-state index is 0.0596. The van der Waals surface area contributed by atoms with Crippen LogP contribution in [0.25, 0.3) is 11.1 Å². The number of halogens is 4. The van der Waals surface area contributed by atoms with E-state index in [1.54, 1.807) is 7.05 Å². The number of alkyl halides is 3. The Labute approximate surface area is 152 Å². The van der Waals surface area contributed by atoms with Gasteiger partial charge in [0.1, 0.15) is 11.9 Å². The fourth-order valence-electron chi connectivity index (χ4n) is 3.03. The second kappa shape index (κ2) is 7.02. The summed E-state index contributed by atoms with van der Waals surface area (Å²) in [5, 5.41) is 2.58. The van der Waals surface area contributed by atoms with Crippen molar-refractivity contribution < 1.29 is 27.2 Å². The minimum atomic E-state index is -4.66. The van der Waals surface area contributed by atoms with E-state index in [0.717, 1.165) is 12.1 Å². The SMILES string of the molecule is CN1CCC(NC(=O)c2cccc(-c3cc(F)ccc3C(F)(F)F)c2)C1=O. The van der Waals surface area contributed by atoms with E-state index in [2.05, 4.69) is 5.32 Å². The van der Waals surface area contributed by atoms with E-state index in [-0.39, 0.29) is 22.6 Å². The van der Waals surface area contributed by atoms with E-state index in [0.29, 0.717) is 19.0 Å². The van der Waals surface area contributed by atoms with Gasteiger partial charge in [-0.25, -0.2) is 4.39 Å². The largest absolute Gasteiger partial charge is 0.417 e. The molecule has 1 heterocycles. The van der Waals surface area contributed by atoms with Crippen molar-refractivity contribution in [2.45, 2.75) is 18.6 Å². The highest BCUT2D eigenvalue weighted by Gasteiger charge is 2.34. The Morgan fingerprint density at radius 2 is 1.93 bits per heavy atom. The smallest absolute Gasteiger partial charge is 0.344 e. The quantitative estimate of drug-likeness (QED) is 0.829. The number of benzene rings is 2. The lowest BCUT2D eigenvalue weighted by Gasteiger charge is -2.15. The third-order valence-corrected chi connectivity index (χ3v) is 4.46. The predicted octanol–water partition coefficient (Wildman–Crippen LogP) is 3.47. The van der Waals surface area contributed by atoms with Crippen LogP contribution in [0.1, 0.15) is 22.3 Å². The van der Waals surface area contributed by atoms with Gasteiger partial charge in [0.15, 0.2) is 0 Å². The Morgan fingerprint density at radius 1 is 1.19 bits per heavy atom. The molecule has 0 radical (unpaired) electrons. The van der Waals surface area contributed by atoms with Crippen LogP contribution in [0.3, 0.4) is 0 Å². The Hall–Kier alpha value is -2.90. The van der Waals surface area contributed by atoms with Gasteiger partial charge in [-0.15, -0.1) is 0 Å². The first-order chi connectivity index (χ1) is 12.7. The van der Waals surface area contributed by atoms with Crippen LogP contribution in [-0.4, -0.2) is 36.3 Å². The third-order valence-electron chi connectivity index (χ3n) is 4.46. The first kappa shape index (κ1) is 18.9. The Bertz CT molecular complexity index is 896. The van der Waals surface area contributed by atoms with E-state index >= 15 is 0 Å². The molecule has 142 valence electrons. The second-order valence-electron chi connectivity index (χ2n) is 6.34. The van der Waals surface area contributed by atoms with Gasteiger partial charge < -0.3 is 10.2 Å². The van der Waals surface area contributed by atoms with E-state index in [9.17, 15) is 27.2 Å². The molecule has 1 unspecified atom stereocenters. The maximum atomic E-state index is 13.5. The number of carbonyl (C=O) groups is 2. The molecule has 1 aliphatic rings. The predicted molar refractivity (Wildman–Crippen MR) is 90.3 cm³/mol. The maximum Gasteiger partial charge on any atom is 0.417 e. The monoisotopic (exact) mass is 380 g/mol. The number of hydrogen-bond acceptors (Lipinski definition) is 2. The van der Waals surface area contributed by atoms with Crippen LogP contribution in [0.15, 0.2) is 42.5 Å². The summed E-state index contributed by atoms with van der Waals surface area (Å²) in [6.07, 6.45) is -4.20. The van der Waals surface area contributed by atoms with Crippen molar-refractivity contribution in [2.75, 3.05) is 13.6 Å². The summed E-state index contributed by atoms with van der Waals surface area (Å²) in [5.41, 5.74) is -1.19. The summed E-state index contributed by atoms with van der Waals surface area (Å²) in [5.74, 6) is -1.60. The highest BCUT2D eigenvalue weighted by atomic mass is 19.4. The van der Waals surface area contributed by atoms with Gasteiger partial charge in [0.05, 0.1) is 5.56 Å². The summed E-state index contributed by atoms with van der Waals surface area (Å²) in [6, 6.07) is 7.00. The molecule has 8 heteroatoms. The van der Waals surface area contributed by atoms with Crippen LogP contribution in [0.5, 0.6) is 0 Å². The molecule has 27 heavy (non-hydrogen) atoms. The lowest BCUT2D eigenvalue weighted by molar-refractivity contribution is -0.137. The zero-order valence-corrected chi connectivity index (χ0v) is 14.3. The molecule has 4 nitrogen and oxygen atoms in total. The van der Waals surface area contributed by atoms with E-state index in [1.165, 1.54) is 29.2 Å². The molecule has 1 fully saturated rings. The second-order valence-corrected chi connectivity index (χ2v) is 6.34. The molecule has 1 atom stereocenters. The third kappa shape index (κ3) is 3.94. The topological polar surface area (TPSA) is 49.4 Å². The Morgan fingerprint density at radius 3 is 2.56 bits per heavy atom. The van der Waals surface area contributed by atoms with Crippen molar-refractivity contribution in [3.8, 4) is 11.1 Å². The number of nitrogens with one attached hydrogen (secondary N) is 1. The van der Waals surface area contributed by atoms with Crippen molar-refractivity contribution in [3.63, 3.8) is 0 Å². The highest BCUT2D eigenvalue weighted by molar-refractivity contribution is 5.99.